The molecule has 2 fully saturated rings. The summed E-state index contributed by atoms with van der Waals surface area (Å²) in [6.07, 6.45) is 4.46. The summed E-state index contributed by atoms with van der Waals surface area (Å²) in [7, 11) is 0. The first-order valence-electron chi connectivity index (χ1n) is 7.36. The first-order chi connectivity index (χ1) is 9.58. The lowest BCUT2D eigenvalue weighted by molar-refractivity contribution is -0.146. The lowest BCUT2D eigenvalue weighted by Gasteiger charge is -2.32. The van der Waals surface area contributed by atoms with E-state index >= 15 is 0 Å². The molecule has 0 aromatic heterocycles. The van der Waals surface area contributed by atoms with Gasteiger partial charge in [0, 0.05) is 26.1 Å². The maximum absolute atomic E-state index is 12.2. The fraction of sp³-hybridized carbons (Fsp3) is 0.786. The molecule has 0 aromatic carbocycles. The molecule has 2 aliphatic rings. The highest BCUT2D eigenvalue weighted by Gasteiger charge is 2.28. The third-order valence-corrected chi connectivity index (χ3v) is 4.19. The van der Waals surface area contributed by atoms with E-state index in [1.54, 1.807) is 9.80 Å². The third-order valence-electron chi connectivity index (χ3n) is 4.19. The molecule has 6 nitrogen and oxygen atoms in total. The van der Waals surface area contributed by atoms with Crippen molar-refractivity contribution in [2.24, 2.45) is 5.92 Å². The molecule has 2 saturated heterocycles. The van der Waals surface area contributed by atoms with Crippen molar-refractivity contribution in [2.45, 2.75) is 38.5 Å². The third kappa shape index (κ3) is 3.71. The molecular weight excluding hydrogens is 260 g/mol. The Morgan fingerprint density at radius 3 is 2.45 bits per heavy atom. The van der Waals surface area contributed by atoms with Crippen LogP contribution >= 0.6 is 0 Å². The van der Waals surface area contributed by atoms with Gasteiger partial charge in [-0.25, -0.2) is 0 Å². The molecule has 2 rings (SSSR count). The van der Waals surface area contributed by atoms with Crippen LogP contribution in [0.4, 0.5) is 0 Å². The molecule has 0 saturated carbocycles. The van der Waals surface area contributed by atoms with Crippen LogP contribution in [-0.4, -0.2) is 58.9 Å². The zero-order valence-corrected chi connectivity index (χ0v) is 11.7. The zero-order valence-electron chi connectivity index (χ0n) is 11.7. The Labute approximate surface area is 118 Å². The first-order valence-corrected chi connectivity index (χ1v) is 7.36. The minimum Gasteiger partial charge on any atom is -0.481 e. The molecule has 0 aromatic rings. The molecule has 2 amide bonds. The van der Waals surface area contributed by atoms with Gasteiger partial charge in [0.2, 0.25) is 11.8 Å². The van der Waals surface area contributed by atoms with Crippen LogP contribution in [-0.2, 0) is 14.4 Å². The van der Waals surface area contributed by atoms with E-state index in [2.05, 4.69) is 0 Å². The molecular formula is C14H22N2O4. The average Bonchev–Trinajstić information content (AvgIpc) is 2.64. The number of carbonyl (C=O) groups is 3. The van der Waals surface area contributed by atoms with E-state index < -0.39 is 5.97 Å². The number of nitrogens with zero attached hydrogens (tertiary/aromatic N) is 2. The van der Waals surface area contributed by atoms with Crippen LogP contribution in [0.5, 0.6) is 0 Å². The van der Waals surface area contributed by atoms with E-state index in [0.29, 0.717) is 38.9 Å². The monoisotopic (exact) mass is 282 g/mol. The van der Waals surface area contributed by atoms with Gasteiger partial charge in [0.15, 0.2) is 0 Å². The standard InChI is InChI=1S/C14H22N2O4/c17-12-4-2-1-3-7-16(12)10-13(18)15-8-5-11(6-9-15)14(19)20/h11H,1-10H2,(H,19,20). The maximum Gasteiger partial charge on any atom is 0.306 e. The summed E-state index contributed by atoms with van der Waals surface area (Å²) in [4.78, 5) is 38.3. The van der Waals surface area contributed by atoms with Crippen LogP contribution in [0.1, 0.15) is 38.5 Å². The van der Waals surface area contributed by atoms with Gasteiger partial charge >= 0.3 is 5.97 Å². The number of hydrogen-bond donors (Lipinski definition) is 1. The van der Waals surface area contributed by atoms with Crippen molar-refractivity contribution >= 4 is 17.8 Å². The van der Waals surface area contributed by atoms with Crippen LogP contribution in [0.2, 0.25) is 0 Å². The minimum atomic E-state index is -0.778. The molecule has 0 atom stereocenters. The normalized spacial score (nSPS) is 21.7. The van der Waals surface area contributed by atoms with Crippen molar-refractivity contribution in [1.29, 1.82) is 0 Å². The summed E-state index contributed by atoms with van der Waals surface area (Å²) >= 11 is 0. The molecule has 6 heteroatoms. The average molecular weight is 282 g/mol. The minimum absolute atomic E-state index is 0.0518. The number of carbonyl (C=O) groups excluding carboxylic acids is 2. The molecule has 0 spiro atoms. The molecule has 0 radical (unpaired) electrons. The summed E-state index contributed by atoms with van der Waals surface area (Å²) in [6, 6.07) is 0. The summed E-state index contributed by atoms with van der Waals surface area (Å²) in [6.45, 7) is 1.78. The number of carboxylic acids is 1. The lowest BCUT2D eigenvalue weighted by atomic mass is 9.97. The van der Waals surface area contributed by atoms with Crippen LogP contribution in [0.15, 0.2) is 0 Å². The highest BCUT2D eigenvalue weighted by Crippen LogP contribution is 2.18. The number of carboxylic acid groups (broad SMARTS) is 1. The van der Waals surface area contributed by atoms with Gasteiger partial charge in [0.05, 0.1) is 12.5 Å². The molecule has 0 unspecified atom stereocenters. The number of likely N-dealkylation sites (tertiary alicyclic amines) is 2. The highest BCUT2D eigenvalue weighted by atomic mass is 16.4. The Balaban J connectivity index is 1.83. The van der Waals surface area contributed by atoms with E-state index in [-0.39, 0.29) is 24.3 Å². The van der Waals surface area contributed by atoms with Crippen molar-refractivity contribution in [3.8, 4) is 0 Å². The van der Waals surface area contributed by atoms with Gasteiger partial charge < -0.3 is 14.9 Å². The summed E-state index contributed by atoms with van der Waals surface area (Å²) in [5, 5.41) is 8.93. The Kier molecular flexibility index (Phi) is 4.98. The molecule has 2 aliphatic heterocycles. The number of amides is 2. The van der Waals surface area contributed by atoms with Crippen LogP contribution < -0.4 is 0 Å². The van der Waals surface area contributed by atoms with Crippen molar-refractivity contribution in [3.05, 3.63) is 0 Å². The molecule has 0 aliphatic carbocycles. The SMILES string of the molecule is O=C(O)C1CCN(C(=O)CN2CCCCCC2=O)CC1. The van der Waals surface area contributed by atoms with Crippen molar-refractivity contribution in [3.63, 3.8) is 0 Å². The van der Waals surface area contributed by atoms with Crippen molar-refractivity contribution in [2.75, 3.05) is 26.2 Å². The van der Waals surface area contributed by atoms with E-state index in [1.807, 2.05) is 0 Å². The Hall–Kier alpha value is -1.59. The van der Waals surface area contributed by atoms with Gasteiger partial charge in [-0.1, -0.05) is 6.42 Å². The highest BCUT2D eigenvalue weighted by molar-refractivity contribution is 5.85. The van der Waals surface area contributed by atoms with E-state index in [9.17, 15) is 14.4 Å². The summed E-state index contributed by atoms with van der Waals surface area (Å²) < 4.78 is 0. The largest absolute Gasteiger partial charge is 0.481 e. The van der Waals surface area contributed by atoms with E-state index in [1.165, 1.54) is 0 Å². The van der Waals surface area contributed by atoms with E-state index in [0.717, 1.165) is 19.3 Å². The van der Waals surface area contributed by atoms with Crippen LogP contribution in [0, 0.1) is 5.92 Å². The van der Waals surface area contributed by atoms with Gasteiger partial charge in [-0.05, 0) is 25.7 Å². The molecule has 0 bridgehead atoms. The molecule has 20 heavy (non-hydrogen) atoms. The quantitative estimate of drug-likeness (QED) is 0.827. The Morgan fingerprint density at radius 1 is 1.10 bits per heavy atom. The number of rotatable bonds is 3. The lowest BCUT2D eigenvalue weighted by Crippen LogP contribution is -2.46. The second-order valence-corrected chi connectivity index (χ2v) is 5.62. The van der Waals surface area contributed by atoms with Crippen LogP contribution in [0.3, 0.4) is 0 Å². The molecule has 1 N–H and O–H groups in total. The first kappa shape index (κ1) is 14.8. The number of hydrogen-bond acceptors (Lipinski definition) is 3. The van der Waals surface area contributed by atoms with Gasteiger partial charge in [-0.15, -0.1) is 0 Å². The predicted octanol–water partition coefficient (Wildman–Crippen LogP) is 0.712. The fourth-order valence-electron chi connectivity index (χ4n) is 2.84. The second-order valence-electron chi connectivity index (χ2n) is 5.62. The zero-order chi connectivity index (χ0) is 14.5. The number of piperidine rings is 1. The second kappa shape index (κ2) is 6.72. The van der Waals surface area contributed by atoms with Crippen molar-refractivity contribution < 1.29 is 19.5 Å². The van der Waals surface area contributed by atoms with Crippen LogP contribution in [0.25, 0.3) is 0 Å². The predicted molar refractivity (Wildman–Crippen MR) is 72.0 cm³/mol. The Morgan fingerprint density at radius 2 is 1.80 bits per heavy atom. The fourth-order valence-corrected chi connectivity index (χ4v) is 2.84. The molecule has 2 heterocycles. The van der Waals surface area contributed by atoms with E-state index in [4.69, 9.17) is 5.11 Å². The van der Waals surface area contributed by atoms with Gasteiger partial charge in [-0.2, -0.15) is 0 Å². The number of aliphatic carboxylic acids is 1. The van der Waals surface area contributed by atoms with Gasteiger partial charge in [0.1, 0.15) is 0 Å². The maximum atomic E-state index is 12.2. The Bertz CT molecular complexity index is 389. The van der Waals surface area contributed by atoms with Gasteiger partial charge in [0.25, 0.3) is 0 Å². The van der Waals surface area contributed by atoms with Gasteiger partial charge in [-0.3, -0.25) is 14.4 Å². The molecule has 112 valence electrons. The topological polar surface area (TPSA) is 77.9 Å². The summed E-state index contributed by atoms with van der Waals surface area (Å²) in [5.74, 6) is -1.10. The smallest absolute Gasteiger partial charge is 0.306 e. The van der Waals surface area contributed by atoms with Crippen molar-refractivity contribution in [1.82, 2.24) is 9.80 Å². The summed E-state index contributed by atoms with van der Waals surface area (Å²) in [5.41, 5.74) is 0.